The molecule has 1 unspecified atom stereocenters. The van der Waals surface area contributed by atoms with Gasteiger partial charge in [-0.2, -0.15) is 0 Å². The van der Waals surface area contributed by atoms with Gasteiger partial charge in [0.15, 0.2) is 0 Å². The van der Waals surface area contributed by atoms with Gasteiger partial charge in [-0.05, 0) is 67.4 Å². The van der Waals surface area contributed by atoms with Gasteiger partial charge in [0.2, 0.25) is 0 Å². The van der Waals surface area contributed by atoms with Crippen molar-refractivity contribution in [3.8, 4) is 0 Å². The molecule has 0 radical (unpaired) electrons. The molecule has 20 heavy (non-hydrogen) atoms. The van der Waals surface area contributed by atoms with E-state index in [1.165, 1.54) is 29.6 Å². The van der Waals surface area contributed by atoms with Crippen molar-refractivity contribution in [1.29, 1.82) is 0 Å². The minimum atomic E-state index is 0.558. The van der Waals surface area contributed by atoms with Crippen LogP contribution in [0.1, 0.15) is 38.3 Å². The second kappa shape index (κ2) is 6.04. The summed E-state index contributed by atoms with van der Waals surface area (Å²) in [5, 5.41) is 0. The monoisotopic (exact) mass is 263 g/mol. The molecule has 1 nitrogen and oxygen atoms in total. The first-order chi connectivity index (χ1) is 9.90. The highest BCUT2D eigenvalue weighted by Crippen LogP contribution is 2.41. The van der Waals surface area contributed by atoms with Crippen LogP contribution >= 0.6 is 0 Å². The summed E-state index contributed by atoms with van der Waals surface area (Å²) < 4.78 is 0. The van der Waals surface area contributed by atoms with E-state index in [0.29, 0.717) is 5.92 Å². The number of pyridine rings is 1. The maximum absolute atomic E-state index is 4.61. The second-order valence-corrected chi connectivity index (χ2v) is 5.45. The predicted octanol–water partition coefficient (Wildman–Crippen LogP) is 5.10. The van der Waals surface area contributed by atoms with Crippen molar-refractivity contribution in [3.63, 3.8) is 0 Å². The van der Waals surface area contributed by atoms with Crippen molar-refractivity contribution in [2.75, 3.05) is 0 Å². The van der Waals surface area contributed by atoms with Crippen LogP contribution in [0.2, 0.25) is 0 Å². The smallest absolute Gasteiger partial charge is 0.0670 e. The van der Waals surface area contributed by atoms with Gasteiger partial charge < -0.3 is 0 Å². The third-order valence-electron chi connectivity index (χ3n) is 4.16. The highest BCUT2D eigenvalue weighted by atomic mass is 14.7. The number of rotatable bonds is 3. The summed E-state index contributed by atoms with van der Waals surface area (Å²) >= 11 is 0. The Balaban J connectivity index is 2.08. The summed E-state index contributed by atoms with van der Waals surface area (Å²) in [5.74, 6) is 0.558. The summed E-state index contributed by atoms with van der Waals surface area (Å²) in [7, 11) is 0. The van der Waals surface area contributed by atoms with Crippen LogP contribution in [0.3, 0.4) is 0 Å². The molecule has 0 aromatic carbocycles. The first-order valence-electron chi connectivity index (χ1n) is 7.53. The Kier molecular flexibility index (Phi) is 3.96. The summed E-state index contributed by atoms with van der Waals surface area (Å²) in [4.78, 5) is 4.61. The first-order valence-corrected chi connectivity index (χ1v) is 7.53. The van der Waals surface area contributed by atoms with E-state index in [2.05, 4.69) is 54.4 Å². The van der Waals surface area contributed by atoms with Crippen LogP contribution in [0.25, 0.3) is 5.57 Å². The maximum Gasteiger partial charge on any atom is 0.0670 e. The van der Waals surface area contributed by atoms with Crippen LogP contribution in [-0.2, 0) is 0 Å². The molecule has 0 spiro atoms. The van der Waals surface area contributed by atoms with Crippen molar-refractivity contribution >= 4 is 5.57 Å². The number of nitrogens with zero attached hydrogens (tertiary/aromatic N) is 1. The molecule has 0 N–H and O–H groups in total. The van der Waals surface area contributed by atoms with Gasteiger partial charge in [-0.15, -0.1) is 0 Å². The fraction of sp³-hybridized carbons (Fsp3) is 0.316. The molecule has 1 heteroatoms. The fourth-order valence-electron chi connectivity index (χ4n) is 3.16. The molecular weight excluding hydrogens is 242 g/mol. The summed E-state index contributed by atoms with van der Waals surface area (Å²) in [5.41, 5.74) is 5.53. The van der Waals surface area contributed by atoms with Crippen LogP contribution in [-0.4, -0.2) is 4.98 Å². The average molecular weight is 263 g/mol. The molecule has 0 amide bonds. The number of allylic oxidation sites excluding steroid dienone is 8. The Morgan fingerprint density at radius 2 is 2.30 bits per heavy atom. The van der Waals surface area contributed by atoms with Gasteiger partial charge in [-0.1, -0.05) is 36.4 Å². The lowest BCUT2D eigenvalue weighted by atomic mass is 9.76. The Bertz CT molecular complexity index is 587. The zero-order valence-corrected chi connectivity index (χ0v) is 12.0. The topological polar surface area (TPSA) is 12.9 Å². The normalized spacial score (nSPS) is 22.1. The van der Waals surface area contributed by atoms with Crippen LogP contribution in [0.4, 0.5) is 0 Å². The third kappa shape index (κ3) is 2.53. The average Bonchev–Trinajstić information content (AvgIpc) is 2.53. The quantitative estimate of drug-likeness (QED) is 0.691. The van der Waals surface area contributed by atoms with Gasteiger partial charge >= 0.3 is 0 Å². The summed E-state index contributed by atoms with van der Waals surface area (Å²) in [6, 6.07) is 6.23. The van der Waals surface area contributed by atoms with E-state index in [0.717, 1.165) is 18.5 Å². The van der Waals surface area contributed by atoms with Crippen molar-refractivity contribution in [2.45, 2.75) is 32.6 Å². The molecule has 0 bridgehead atoms. The molecule has 1 atom stereocenters. The Hall–Kier alpha value is -1.89. The molecule has 1 heterocycles. The van der Waals surface area contributed by atoms with Crippen LogP contribution in [0.5, 0.6) is 0 Å². The minimum absolute atomic E-state index is 0.558. The van der Waals surface area contributed by atoms with Crippen molar-refractivity contribution in [1.82, 2.24) is 4.98 Å². The largest absolute Gasteiger partial charge is 0.257 e. The highest BCUT2D eigenvalue weighted by molar-refractivity contribution is 5.77. The molecule has 0 fully saturated rings. The third-order valence-corrected chi connectivity index (χ3v) is 4.16. The summed E-state index contributed by atoms with van der Waals surface area (Å²) in [6.07, 6.45) is 18.0. The molecule has 1 aromatic rings. The standard InChI is InChI=1S/C19H21N/c1-2-3-8-16-13-12-15-9-4-5-10-17(15)19(16)18-11-6-7-14-20-18/h2-3,5-7,10-12,14,16H,4,8-9,13H2,1H3. The van der Waals surface area contributed by atoms with Gasteiger partial charge in [0, 0.05) is 6.20 Å². The van der Waals surface area contributed by atoms with E-state index in [1.54, 1.807) is 0 Å². The molecule has 0 aliphatic heterocycles. The van der Waals surface area contributed by atoms with Crippen molar-refractivity contribution < 1.29 is 0 Å². The first kappa shape index (κ1) is 13.1. The zero-order chi connectivity index (χ0) is 13.8. The number of fused-ring (bicyclic) bond motifs is 1. The highest BCUT2D eigenvalue weighted by Gasteiger charge is 2.25. The van der Waals surface area contributed by atoms with E-state index in [1.807, 2.05) is 12.3 Å². The van der Waals surface area contributed by atoms with Crippen molar-refractivity contribution in [2.24, 2.45) is 5.92 Å². The van der Waals surface area contributed by atoms with Gasteiger partial charge in [0.25, 0.3) is 0 Å². The molecule has 0 saturated carbocycles. The maximum atomic E-state index is 4.61. The van der Waals surface area contributed by atoms with Gasteiger partial charge in [-0.25, -0.2) is 0 Å². The van der Waals surface area contributed by atoms with Gasteiger partial charge in [0.1, 0.15) is 0 Å². The Morgan fingerprint density at radius 3 is 3.10 bits per heavy atom. The molecule has 3 rings (SSSR count). The molecule has 2 aliphatic carbocycles. The van der Waals surface area contributed by atoms with E-state index < -0.39 is 0 Å². The minimum Gasteiger partial charge on any atom is -0.257 e. The zero-order valence-electron chi connectivity index (χ0n) is 12.0. The van der Waals surface area contributed by atoms with E-state index in [-0.39, 0.29) is 0 Å². The van der Waals surface area contributed by atoms with E-state index in [4.69, 9.17) is 0 Å². The predicted molar refractivity (Wildman–Crippen MR) is 85.2 cm³/mol. The lowest BCUT2D eigenvalue weighted by molar-refractivity contribution is 0.671. The Morgan fingerprint density at radius 1 is 1.35 bits per heavy atom. The number of hydrogen-bond donors (Lipinski definition) is 0. The fourth-order valence-corrected chi connectivity index (χ4v) is 3.16. The number of hydrogen-bond acceptors (Lipinski definition) is 1. The number of aromatic nitrogens is 1. The second-order valence-electron chi connectivity index (χ2n) is 5.45. The molecular formula is C19H21N. The van der Waals surface area contributed by atoms with Crippen LogP contribution in [0.15, 0.2) is 65.9 Å². The molecule has 102 valence electrons. The van der Waals surface area contributed by atoms with Crippen molar-refractivity contribution in [3.05, 3.63) is 71.6 Å². The van der Waals surface area contributed by atoms with E-state index >= 15 is 0 Å². The molecule has 0 saturated heterocycles. The van der Waals surface area contributed by atoms with Crippen LogP contribution < -0.4 is 0 Å². The van der Waals surface area contributed by atoms with Crippen LogP contribution in [0, 0.1) is 5.92 Å². The van der Waals surface area contributed by atoms with Gasteiger partial charge in [0.05, 0.1) is 5.69 Å². The van der Waals surface area contributed by atoms with E-state index in [9.17, 15) is 0 Å². The Labute approximate surface area is 121 Å². The SMILES string of the molecule is CC=CCC1CC=C2CCC=CC2=C1c1ccccn1. The van der Waals surface area contributed by atoms with Gasteiger partial charge in [-0.3, -0.25) is 4.98 Å². The lowest BCUT2D eigenvalue weighted by Gasteiger charge is -2.28. The lowest BCUT2D eigenvalue weighted by Crippen LogP contribution is -2.13. The summed E-state index contributed by atoms with van der Waals surface area (Å²) in [6.45, 7) is 2.10. The molecule has 1 aromatic heterocycles. The molecule has 2 aliphatic rings.